The van der Waals surface area contributed by atoms with Gasteiger partial charge in [0, 0.05) is 5.41 Å². The van der Waals surface area contributed by atoms with Crippen LogP contribution in [0.15, 0.2) is 54.6 Å². The van der Waals surface area contributed by atoms with Gasteiger partial charge in [0.15, 0.2) is 0 Å². The highest BCUT2D eigenvalue weighted by Crippen LogP contribution is 2.75. The van der Waals surface area contributed by atoms with Crippen molar-refractivity contribution in [1.29, 1.82) is 0 Å². The van der Waals surface area contributed by atoms with E-state index >= 15 is 0 Å². The van der Waals surface area contributed by atoms with Gasteiger partial charge in [0.05, 0.1) is 0 Å². The monoisotopic (exact) mass is 379 g/mol. The Morgan fingerprint density at radius 1 is 1.07 bits per heavy atom. The smallest absolute Gasteiger partial charge is 0.408 e. The number of amides is 1. The van der Waals surface area contributed by atoms with Crippen molar-refractivity contribution in [2.75, 3.05) is 0 Å². The van der Waals surface area contributed by atoms with Gasteiger partial charge in [-0.15, -0.1) is 0 Å². The van der Waals surface area contributed by atoms with Crippen molar-refractivity contribution in [2.45, 2.75) is 50.7 Å². The predicted molar refractivity (Wildman–Crippen MR) is 105 cm³/mol. The first kappa shape index (κ1) is 18.5. The second-order valence-corrected chi connectivity index (χ2v) is 8.16. The van der Waals surface area contributed by atoms with Crippen molar-refractivity contribution in [2.24, 2.45) is 5.41 Å². The number of rotatable bonds is 7. The molecular weight excluding hydrogens is 354 g/mol. The summed E-state index contributed by atoms with van der Waals surface area (Å²) in [7, 11) is 0. The molecule has 2 bridgehead atoms. The second kappa shape index (κ2) is 6.97. The van der Waals surface area contributed by atoms with Gasteiger partial charge in [0.2, 0.25) is 0 Å². The fourth-order valence-corrected chi connectivity index (χ4v) is 5.16. The molecule has 28 heavy (non-hydrogen) atoms. The molecule has 3 saturated carbocycles. The summed E-state index contributed by atoms with van der Waals surface area (Å²) >= 11 is 0. The minimum absolute atomic E-state index is 0.0793. The number of hydrogen-bond acceptors (Lipinski definition) is 3. The number of nitrogens with one attached hydrogen (secondary N) is 1. The molecule has 5 heteroatoms. The lowest BCUT2D eigenvalue weighted by Gasteiger charge is -2.73. The first-order valence-electron chi connectivity index (χ1n) is 9.76. The van der Waals surface area contributed by atoms with E-state index in [0.29, 0.717) is 0 Å². The van der Waals surface area contributed by atoms with Crippen LogP contribution in [0.3, 0.4) is 0 Å². The SMILES string of the molecule is CCc1ccccc1C12CC(C(NC(=O)OCc3ccccc3)C(=O)O)(C1)C2. The Morgan fingerprint density at radius 2 is 1.71 bits per heavy atom. The van der Waals surface area contributed by atoms with Gasteiger partial charge in [0.1, 0.15) is 12.6 Å². The lowest BCUT2D eigenvalue weighted by atomic mass is 9.31. The van der Waals surface area contributed by atoms with Crippen LogP contribution in [0.5, 0.6) is 0 Å². The zero-order chi connectivity index (χ0) is 19.8. The van der Waals surface area contributed by atoms with Crippen LogP contribution in [-0.4, -0.2) is 23.2 Å². The molecule has 0 radical (unpaired) electrons. The maximum absolute atomic E-state index is 12.2. The van der Waals surface area contributed by atoms with Crippen LogP contribution in [0.25, 0.3) is 0 Å². The molecule has 0 heterocycles. The number of hydrogen-bond donors (Lipinski definition) is 2. The van der Waals surface area contributed by atoms with Crippen molar-refractivity contribution in [1.82, 2.24) is 5.32 Å². The van der Waals surface area contributed by atoms with E-state index in [1.165, 1.54) is 11.1 Å². The standard InChI is InChI=1S/C23H25NO4/c1-2-17-10-6-7-11-18(17)22-13-23(14-22,15-22)19(20(25)26)24-21(27)28-12-16-8-4-3-5-9-16/h3-11,19H,2,12-15H2,1H3,(H,24,27)(H,25,26). The van der Waals surface area contributed by atoms with Gasteiger partial charge in [-0.05, 0) is 47.8 Å². The average molecular weight is 379 g/mol. The third-order valence-electron chi connectivity index (χ3n) is 6.38. The average Bonchev–Trinajstić information content (AvgIpc) is 2.64. The molecule has 1 unspecified atom stereocenters. The van der Waals surface area contributed by atoms with E-state index in [1.54, 1.807) is 0 Å². The summed E-state index contributed by atoms with van der Waals surface area (Å²) in [6, 6.07) is 16.8. The van der Waals surface area contributed by atoms with Crippen molar-refractivity contribution < 1.29 is 19.4 Å². The number of carboxylic acids is 1. The Morgan fingerprint density at radius 3 is 2.36 bits per heavy atom. The number of carboxylic acid groups (broad SMARTS) is 1. The molecule has 3 aliphatic rings. The topological polar surface area (TPSA) is 75.6 Å². The van der Waals surface area contributed by atoms with Crippen LogP contribution in [0, 0.1) is 5.41 Å². The number of alkyl carbamates (subject to hydrolysis) is 1. The predicted octanol–water partition coefficient (Wildman–Crippen LogP) is 4.05. The zero-order valence-corrected chi connectivity index (χ0v) is 16.0. The second-order valence-electron chi connectivity index (χ2n) is 8.16. The lowest BCUT2D eigenvalue weighted by Crippen LogP contribution is -2.73. The lowest BCUT2D eigenvalue weighted by molar-refractivity contribution is -0.183. The van der Waals surface area contributed by atoms with E-state index in [4.69, 9.17) is 4.74 Å². The summed E-state index contributed by atoms with van der Waals surface area (Å²) in [6.45, 7) is 2.27. The maximum atomic E-state index is 12.2. The normalized spacial score (nSPS) is 25.8. The van der Waals surface area contributed by atoms with Gasteiger partial charge in [-0.1, -0.05) is 61.5 Å². The Hall–Kier alpha value is -2.82. The number of aryl methyl sites for hydroxylation is 1. The first-order valence-corrected chi connectivity index (χ1v) is 9.76. The fourth-order valence-electron chi connectivity index (χ4n) is 5.16. The molecule has 1 atom stereocenters. The van der Waals surface area contributed by atoms with Crippen LogP contribution >= 0.6 is 0 Å². The molecule has 0 aliphatic heterocycles. The van der Waals surface area contributed by atoms with Gasteiger partial charge >= 0.3 is 12.1 Å². The molecule has 5 nitrogen and oxygen atoms in total. The first-order chi connectivity index (χ1) is 13.5. The number of benzene rings is 2. The molecule has 2 aromatic carbocycles. The van der Waals surface area contributed by atoms with Gasteiger partial charge in [-0.2, -0.15) is 0 Å². The van der Waals surface area contributed by atoms with Crippen molar-refractivity contribution in [3.8, 4) is 0 Å². The van der Waals surface area contributed by atoms with Crippen LogP contribution in [0.4, 0.5) is 4.79 Å². The Labute approximate surface area is 164 Å². The van der Waals surface area contributed by atoms with E-state index in [-0.39, 0.29) is 17.4 Å². The van der Waals surface area contributed by atoms with Gasteiger partial charge < -0.3 is 15.2 Å². The summed E-state index contributed by atoms with van der Waals surface area (Å²) in [5.74, 6) is -0.992. The van der Waals surface area contributed by atoms with Gasteiger partial charge in [-0.3, -0.25) is 0 Å². The molecule has 0 aromatic heterocycles. The summed E-state index contributed by atoms with van der Waals surface area (Å²) in [5.41, 5.74) is 3.26. The molecule has 0 saturated heterocycles. The number of carbonyl (C=O) groups excluding carboxylic acids is 1. The summed E-state index contributed by atoms with van der Waals surface area (Å²) in [5, 5.41) is 12.3. The molecule has 146 valence electrons. The highest BCUT2D eigenvalue weighted by Gasteiger charge is 2.72. The number of carbonyl (C=O) groups is 2. The van der Waals surface area contributed by atoms with Crippen molar-refractivity contribution in [3.05, 3.63) is 71.3 Å². The van der Waals surface area contributed by atoms with Crippen molar-refractivity contribution >= 4 is 12.1 Å². The molecule has 1 amide bonds. The molecule has 3 aliphatic carbocycles. The molecule has 0 spiro atoms. The zero-order valence-electron chi connectivity index (χ0n) is 16.0. The minimum atomic E-state index is -0.992. The van der Waals surface area contributed by atoms with E-state index in [1.807, 2.05) is 36.4 Å². The highest BCUT2D eigenvalue weighted by molar-refractivity contribution is 5.82. The van der Waals surface area contributed by atoms with Gasteiger partial charge in [-0.25, -0.2) is 9.59 Å². The van der Waals surface area contributed by atoms with E-state index in [2.05, 4.69) is 30.4 Å². The summed E-state index contributed by atoms with van der Waals surface area (Å²) in [6.07, 6.45) is 2.69. The van der Waals surface area contributed by atoms with E-state index < -0.39 is 18.1 Å². The molecule has 5 rings (SSSR count). The molecule has 2 aromatic rings. The third kappa shape index (κ3) is 3.05. The Bertz CT molecular complexity index is 873. The van der Waals surface area contributed by atoms with Crippen LogP contribution in [0.2, 0.25) is 0 Å². The molecular formula is C23H25NO4. The fraction of sp³-hybridized carbons (Fsp3) is 0.391. The largest absolute Gasteiger partial charge is 0.480 e. The Balaban J connectivity index is 1.39. The van der Waals surface area contributed by atoms with Gasteiger partial charge in [0.25, 0.3) is 0 Å². The third-order valence-corrected chi connectivity index (χ3v) is 6.38. The van der Waals surface area contributed by atoms with Crippen molar-refractivity contribution in [3.63, 3.8) is 0 Å². The maximum Gasteiger partial charge on any atom is 0.408 e. The quantitative estimate of drug-likeness (QED) is 0.761. The molecule has 3 fully saturated rings. The Kier molecular flexibility index (Phi) is 4.61. The van der Waals surface area contributed by atoms with Crippen LogP contribution in [0.1, 0.15) is 42.9 Å². The van der Waals surface area contributed by atoms with E-state index in [0.717, 1.165) is 31.2 Å². The number of ether oxygens (including phenoxy) is 1. The summed E-state index contributed by atoms with van der Waals surface area (Å²) in [4.78, 5) is 24.1. The van der Waals surface area contributed by atoms with Crippen LogP contribution < -0.4 is 5.32 Å². The number of aliphatic carboxylic acids is 1. The minimum Gasteiger partial charge on any atom is -0.480 e. The summed E-state index contributed by atoms with van der Waals surface area (Å²) < 4.78 is 5.22. The van der Waals surface area contributed by atoms with Crippen LogP contribution in [-0.2, 0) is 28.0 Å². The van der Waals surface area contributed by atoms with E-state index in [9.17, 15) is 14.7 Å². The highest BCUT2D eigenvalue weighted by atomic mass is 16.5. The molecule has 2 N–H and O–H groups in total.